The summed E-state index contributed by atoms with van der Waals surface area (Å²) in [5.41, 5.74) is 1.65. The Morgan fingerprint density at radius 2 is 2.00 bits per heavy atom. The molecule has 0 aliphatic rings. The van der Waals surface area contributed by atoms with E-state index in [1.807, 2.05) is 31.1 Å². The molecule has 0 saturated carbocycles. The summed E-state index contributed by atoms with van der Waals surface area (Å²) in [6.07, 6.45) is 3.07. The first-order valence-electron chi connectivity index (χ1n) is 7.62. The number of aromatic nitrogens is 4. The van der Waals surface area contributed by atoms with E-state index in [0.717, 1.165) is 11.4 Å². The van der Waals surface area contributed by atoms with Crippen molar-refractivity contribution < 1.29 is 9.18 Å². The van der Waals surface area contributed by atoms with E-state index in [0.29, 0.717) is 12.2 Å². The lowest BCUT2D eigenvalue weighted by molar-refractivity contribution is 0.0945. The van der Waals surface area contributed by atoms with Gasteiger partial charge in [0.05, 0.1) is 11.9 Å². The molecular formula is C17H17FN6O. The topological polar surface area (TPSA) is 75.9 Å². The third-order valence-corrected chi connectivity index (χ3v) is 3.51. The zero-order valence-electron chi connectivity index (χ0n) is 13.8. The van der Waals surface area contributed by atoms with Gasteiger partial charge < -0.3 is 10.2 Å². The zero-order valence-corrected chi connectivity index (χ0v) is 13.8. The highest BCUT2D eigenvalue weighted by atomic mass is 19.1. The number of hydrogen-bond acceptors (Lipinski definition) is 5. The van der Waals surface area contributed by atoms with E-state index in [2.05, 4.69) is 20.5 Å². The molecule has 0 bridgehead atoms. The first-order valence-corrected chi connectivity index (χ1v) is 7.62. The molecule has 0 saturated heterocycles. The average molecular weight is 340 g/mol. The molecule has 2 heterocycles. The molecule has 0 fully saturated rings. The number of anilines is 1. The number of amides is 1. The molecule has 7 nitrogen and oxygen atoms in total. The van der Waals surface area contributed by atoms with Crippen molar-refractivity contribution in [1.29, 1.82) is 0 Å². The van der Waals surface area contributed by atoms with Crippen LogP contribution in [0.3, 0.4) is 0 Å². The van der Waals surface area contributed by atoms with Gasteiger partial charge in [-0.25, -0.2) is 9.37 Å². The smallest absolute Gasteiger partial charge is 0.273 e. The number of nitrogens with zero attached hydrogens (tertiary/aromatic N) is 5. The number of carbonyl (C=O) groups excluding carboxylic acids is 1. The summed E-state index contributed by atoms with van der Waals surface area (Å²) in [6, 6.07) is 9.41. The van der Waals surface area contributed by atoms with Crippen LogP contribution in [0.5, 0.6) is 0 Å². The summed E-state index contributed by atoms with van der Waals surface area (Å²) < 4.78 is 13.0. The van der Waals surface area contributed by atoms with Crippen molar-refractivity contribution in [2.45, 2.75) is 6.54 Å². The summed E-state index contributed by atoms with van der Waals surface area (Å²) in [5.74, 6) is 0.0988. The van der Waals surface area contributed by atoms with E-state index in [-0.39, 0.29) is 17.4 Å². The summed E-state index contributed by atoms with van der Waals surface area (Å²) in [5, 5.41) is 11.0. The predicted molar refractivity (Wildman–Crippen MR) is 91.1 cm³/mol. The van der Waals surface area contributed by atoms with Crippen molar-refractivity contribution in [3.63, 3.8) is 0 Å². The summed E-state index contributed by atoms with van der Waals surface area (Å²) in [7, 11) is 3.78. The van der Waals surface area contributed by atoms with E-state index >= 15 is 0 Å². The lowest BCUT2D eigenvalue weighted by atomic mass is 10.2. The molecule has 25 heavy (non-hydrogen) atoms. The Morgan fingerprint density at radius 3 is 2.72 bits per heavy atom. The Labute approximate surface area is 144 Å². The highest BCUT2D eigenvalue weighted by Gasteiger charge is 2.13. The van der Waals surface area contributed by atoms with Gasteiger partial charge in [-0.3, -0.25) is 4.79 Å². The molecule has 0 aliphatic heterocycles. The second-order valence-corrected chi connectivity index (χ2v) is 5.56. The second kappa shape index (κ2) is 7.08. The first-order chi connectivity index (χ1) is 12.0. The normalized spacial score (nSPS) is 10.5. The highest BCUT2D eigenvalue weighted by molar-refractivity contribution is 5.91. The summed E-state index contributed by atoms with van der Waals surface area (Å²) in [6.45, 7) is 0.323. The number of pyridine rings is 1. The Bertz CT molecular complexity index is 875. The molecule has 0 radical (unpaired) electrons. The van der Waals surface area contributed by atoms with Gasteiger partial charge in [-0.2, -0.15) is 9.90 Å². The van der Waals surface area contributed by atoms with Crippen LogP contribution in [-0.4, -0.2) is 40.0 Å². The number of rotatable bonds is 5. The fraction of sp³-hybridized carbons (Fsp3) is 0.176. The van der Waals surface area contributed by atoms with Crippen LogP contribution < -0.4 is 10.2 Å². The van der Waals surface area contributed by atoms with Crippen LogP contribution in [0.15, 0.2) is 48.8 Å². The van der Waals surface area contributed by atoms with Gasteiger partial charge in [0.25, 0.3) is 5.91 Å². The van der Waals surface area contributed by atoms with E-state index in [4.69, 9.17) is 0 Å². The fourth-order valence-corrected chi connectivity index (χ4v) is 2.30. The minimum absolute atomic E-state index is 0.180. The monoisotopic (exact) mass is 340 g/mol. The highest BCUT2D eigenvalue weighted by Crippen LogP contribution is 2.14. The third kappa shape index (κ3) is 3.79. The van der Waals surface area contributed by atoms with Gasteiger partial charge in [0.15, 0.2) is 5.69 Å². The van der Waals surface area contributed by atoms with Gasteiger partial charge in [-0.1, -0.05) is 6.07 Å². The minimum Gasteiger partial charge on any atom is -0.362 e. The molecule has 3 aromatic rings. The van der Waals surface area contributed by atoms with Crippen LogP contribution in [0.2, 0.25) is 0 Å². The van der Waals surface area contributed by atoms with Gasteiger partial charge in [0.2, 0.25) is 0 Å². The SMILES string of the molecule is CN(C)c1ncccc1CNC(=O)c1cnn(-c2ccc(F)cc2)n1. The summed E-state index contributed by atoms with van der Waals surface area (Å²) in [4.78, 5) is 19.7. The number of halogens is 1. The molecule has 0 spiro atoms. The third-order valence-electron chi connectivity index (χ3n) is 3.51. The van der Waals surface area contributed by atoms with Crippen LogP contribution in [0.25, 0.3) is 5.69 Å². The average Bonchev–Trinajstić information content (AvgIpc) is 3.10. The van der Waals surface area contributed by atoms with E-state index < -0.39 is 0 Å². The summed E-state index contributed by atoms with van der Waals surface area (Å²) >= 11 is 0. The predicted octanol–water partition coefficient (Wildman–Crippen LogP) is 1.80. The zero-order chi connectivity index (χ0) is 17.8. The van der Waals surface area contributed by atoms with Crippen LogP contribution in [0.4, 0.5) is 10.2 Å². The van der Waals surface area contributed by atoms with Gasteiger partial charge in [-0.15, -0.1) is 5.10 Å². The minimum atomic E-state index is -0.345. The molecule has 2 aromatic heterocycles. The molecule has 0 atom stereocenters. The number of hydrogen-bond donors (Lipinski definition) is 1. The van der Waals surface area contributed by atoms with Crippen molar-refractivity contribution in [3.8, 4) is 5.69 Å². The van der Waals surface area contributed by atoms with E-state index in [1.54, 1.807) is 6.20 Å². The second-order valence-electron chi connectivity index (χ2n) is 5.56. The van der Waals surface area contributed by atoms with Crippen LogP contribution in [-0.2, 0) is 6.54 Å². The van der Waals surface area contributed by atoms with Gasteiger partial charge in [0, 0.05) is 32.4 Å². The number of nitrogens with one attached hydrogen (secondary N) is 1. The first kappa shape index (κ1) is 16.6. The van der Waals surface area contributed by atoms with Crippen molar-refractivity contribution in [2.75, 3.05) is 19.0 Å². The molecule has 3 rings (SSSR count). The largest absolute Gasteiger partial charge is 0.362 e. The van der Waals surface area contributed by atoms with E-state index in [1.165, 1.54) is 35.3 Å². The van der Waals surface area contributed by atoms with E-state index in [9.17, 15) is 9.18 Å². The molecule has 0 unspecified atom stereocenters. The van der Waals surface area contributed by atoms with Crippen LogP contribution in [0, 0.1) is 5.82 Å². The maximum Gasteiger partial charge on any atom is 0.273 e. The van der Waals surface area contributed by atoms with Crippen molar-refractivity contribution in [2.24, 2.45) is 0 Å². The van der Waals surface area contributed by atoms with Crippen LogP contribution in [0.1, 0.15) is 16.1 Å². The molecule has 0 aliphatic carbocycles. The van der Waals surface area contributed by atoms with Gasteiger partial charge in [-0.05, 0) is 30.3 Å². The van der Waals surface area contributed by atoms with Gasteiger partial charge >= 0.3 is 0 Å². The molecule has 1 N–H and O–H groups in total. The standard InChI is InChI=1S/C17H17FN6O/c1-23(2)16-12(4-3-9-19-16)10-20-17(25)15-11-21-24(22-15)14-7-5-13(18)6-8-14/h3-9,11H,10H2,1-2H3,(H,20,25). The van der Waals surface area contributed by atoms with Gasteiger partial charge in [0.1, 0.15) is 11.6 Å². The fourth-order valence-electron chi connectivity index (χ4n) is 2.30. The molecule has 1 amide bonds. The quantitative estimate of drug-likeness (QED) is 0.766. The number of benzene rings is 1. The van der Waals surface area contributed by atoms with Crippen molar-refractivity contribution in [1.82, 2.24) is 25.3 Å². The lowest BCUT2D eigenvalue weighted by Gasteiger charge is -2.15. The molecule has 8 heteroatoms. The van der Waals surface area contributed by atoms with Crippen LogP contribution >= 0.6 is 0 Å². The molecule has 128 valence electrons. The lowest BCUT2D eigenvalue weighted by Crippen LogP contribution is -2.25. The van der Waals surface area contributed by atoms with Crippen molar-refractivity contribution >= 4 is 11.7 Å². The Kier molecular flexibility index (Phi) is 4.69. The Balaban J connectivity index is 1.69. The Morgan fingerprint density at radius 1 is 1.24 bits per heavy atom. The number of carbonyl (C=O) groups is 1. The molecular weight excluding hydrogens is 323 g/mol. The Hall–Kier alpha value is -3.29. The molecule has 1 aromatic carbocycles. The maximum atomic E-state index is 13.0. The maximum absolute atomic E-state index is 13.0. The van der Waals surface area contributed by atoms with Crippen molar-refractivity contribution in [3.05, 3.63) is 65.9 Å².